The first kappa shape index (κ1) is 22.8. The molecule has 3 aromatic rings. The third-order valence-corrected chi connectivity index (χ3v) is 4.61. The Labute approximate surface area is 181 Å². The highest BCUT2D eigenvalue weighted by Gasteiger charge is 2.35. The minimum atomic E-state index is -5.00. The van der Waals surface area contributed by atoms with Crippen molar-refractivity contribution in [2.45, 2.75) is 6.18 Å². The summed E-state index contributed by atoms with van der Waals surface area (Å²) in [6.07, 6.45) is -5.00. The number of esters is 1. The van der Waals surface area contributed by atoms with Crippen LogP contribution in [-0.4, -0.2) is 15.1 Å². The van der Waals surface area contributed by atoms with E-state index in [1.54, 1.807) is 0 Å². The zero-order chi connectivity index (χ0) is 23.8. The molecular weight excluding hydrogens is 458 g/mol. The van der Waals surface area contributed by atoms with Gasteiger partial charge in [0.05, 0.1) is 27.9 Å². The van der Waals surface area contributed by atoms with Crippen molar-refractivity contribution in [3.63, 3.8) is 0 Å². The van der Waals surface area contributed by atoms with E-state index in [2.05, 4.69) is 0 Å². The smallest absolute Gasteiger partial charge is 0.423 e. The van der Waals surface area contributed by atoms with E-state index in [0.717, 1.165) is 13.1 Å². The molecule has 0 spiro atoms. The summed E-state index contributed by atoms with van der Waals surface area (Å²) in [6.45, 7) is 0. The number of aromatic nitrogens is 2. The van der Waals surface area contributed by atoms with Crippen molar-refractivity contribution in [2.75, 3.05) is 0 Å². The van der Waals surface area contributed by atoms with Gasteiger partial charge in [-0.25, -0.2) is 18.5 Å². The van der Waals surface area contributed by atoms with E-state index in [1.807, 2.05) is 6.07 Å². The number of ether oxygens (including phenoxy) is 1. The highest BCUT2D eigenvalue weighted by atomic mass is 35.5. The summed E-state index contributed by atoms with van der Waals surface area (Å²) in [5.74, 6) is -2.32. The highest BCUT2D eigenvalue weighted by Crippen LogP contribution is 2.28. The standard InChI is InChI=1S/C20H10ClF4N3O4/c1-27-16(20(23,24)25)8-17(29)28(19(27)31)15-6-12(13(21)7-14(15)22)18(30)32-11-4-2-10(9-26)3-5-11/h2-8H,1H3. The molecular formula is C20H10ClF4N3O4. The van der Waals surface area contributed by atoms with E-state index in [9.17, 15) is 31.9 Å². The van der Waals surface area contributed by atoms with Crippen LogP contribution < -0.4 is 16.0 Å². The molecule has 0 aliphatic rings. The summed E-state index contributed by atoms with van der Waals surface area (Å²) in [5, 5.41) is 8.36. The zero-order valence-corrected chi connectivity index (χ0v) is 16.7. The maximum absolute atomic E-state index is 14.5. The van der Waals surface area contributed by atoms with Crippen molar-refractivity contribution in [1.29, 1.82) is 5.26 Å². The molecule has 1 aromatic heterocycles. The molecule has 0 saturated carbocycles. The number of alkyl halides is 3. The number of hydrogen-bond donors (Lipinski definition) is 0. The molecule has 7 nitrogen and oxygen atoms in total. The van der Waals surface area contributed by atoms with E-state index in [1.165, 1.54) is 24.3 Å². The first-order valence-corrected chi connectivity index (χ1v) is 8.94. The maximum atomic E-state index is 14.5. The fourth-order valence-electron chi connectivity index (χ4n) is 2.74. The molecule has 0 fully saturated rings. The van der Waals surface area contributed by atoms with Gasteiger partial charge >= 0.3 is 17.8 Å². The fraction of sp³-hybridized carbons (Fsp3) is 0.100. The first-order valence-electron chi connectivity index (χ1n) is 8.56. The van der Waals surface area contributed by atoms with Gasteiger partial charge in [0.1, 0.15) is 17.3 Å². The molecule has 0 unspecified atom stereocenters. The Morgan fingerprint density at radius 3 is 2.31 bits per heavy atom. The Bertz CT molecular complexity index is 1390. The molecule has 2 aromatic carbocycles. The van der Waals surface area contributed by atoms with E-state index in [-0.39, 0.29) is 21.0 Å². The number of hydrogen-bond acceptors (Lipinski definition) is 5. The van der Waals surface area contributed by atoms with Crippen LogP contribution in [0.15, 0.2) is 52.1 Å². The summed E-state index contributed by atoms with van der Waals surface area (Å²) in [4.78, 5) is 37.1. The van der Waals surface area contributed by atoms with Gasteiger partial charge in [-0.3, -0.25) is 9.36 Å². The van der Waals surface area contributed by atoms with Crippen LogP contribution in [0.1, 0.15) is 21.6 Å². The molecule has 0 bridgehead atoms. The highest BCUT2D eigenvalue weighted by molar-refractivity contribution is 6.33. The summed E-state index contributed by atoms with van der Waals surface area (Å²) in [6, 6.07) is 8.70. The number of nitrogens with zero attached hydrogens (tertiary/aromatic N) is 3. The predicted octanol–water partition coefficient (Wildman–Crippen LogP) is 3.44. The van der Waals surface area contributed by atoms with Crippen molar-refractivity contribution < 1.29 is 27.1 Å². The van der Waals surface area contributed by atoms with Gasteiger partial charge in [0.15, 0.2) is 0 Å². The van der Waals surface area contributed by atoms with Gasteiger partial charge in [-0.1, -0.05) is 11.6 Å². The summed E-state index contributed by atoms with van der Waals surface area (Å²) >= 11 is 5.89. The lowest BCUT2D eigenvalue weighted by Gasteiger charge is -2.15. The minimum Gasteiger partial charge on any atom is -0.423 e. The Balaban J connectivity index is 2.11. The third kappa shape index (κ3) is 4.26. The van der Waals surface area contributed by atoms with Gasteiger partial charge in [-0.2, -0.15) is 18.4 Å². The van der Waals surface area contributed by atoms with Crippen LogP contribution in [0.3, 0.4) is 0 Å². The summed E-state index contributed by atoms with van der Waals surface area (Å²) in [5.41, 5.74) is -5.43. The summed E-state index contributed by atoms with van der Waals surface area (Å²) < 4.78 is 58.9. The van der Waals surface area contributed by atoms with E-state index >= 15 is 0 Å². The molecule has 1 heterocycles. The van der Waals surface area contributed by atoms with Gasteiger partial charge in [0.25, 0.3) is 5.56 Å². The molecule has 0 saturated heterocycles. The third-order valence-electron chi connectivity index (χ3n) is 4.30. The monoisotopic (exact) mass is 467 g/mol. The van der Waals surface area contributed by atoms with Gasteiger partial charge in [-0.15, -0.1) is 0 Å². The molecule has 12 heteroatoms. The summed E-state index contributed by atoms with van der Waals surface area (Å²) in [7, 11) is 0.759. The topological polar surface area (TPSA) is 94.1 Å². The van der Waals surface area contributed by atoms with E-state index in [4.69, 9.17) is 21.6 Å². The lowest BCUT2D eigenvalue weighted by molar-refractivity contribution is -0.144. The van der Waals surface area contributed by atoms with Crippen LogP contribution in [-0.2, 0) is 13.2 Å². The van der Waals surface area contributed by atoms with Crippen LogP contribution in [0, 0.1) is 17.1 Å². The van der Waals surface area contributed by atoms with Crippen LogP contribution in [0.2, 0.25) is 5.02 Å². The quantitative estimate of drug-likeness (QED) is 0.334. The van der Waals surface area contributed by atoms with Crippen molar-refractivity contribution in [3.05, 3.63) is 91.0 Å². The second kappa shape index (κ2) is 8.32. The molecule has 3 rings (SSSR count). The second-order valence-electron chi connectivity index (χ2n) is 6.35. The number of rotatable bonds is 3. The lowest BCUT2D eigenvalue weighted by Crippen LogP contribution is -2.41. The van der Waals surface area contributed by atoms with Crippen LogP contribution in [0.25, 0.3) is 5.69 Å². The molecule has 0 atom stereocenters. The van der Waals surface area contributed by atoms with E-state index in [0.29, 0.717) is 11.6 Å². The average molecular weight is 468 g/mol. The number of nitriles is 1. The normalized spacial score (nSPS) is 11.2. The largest absolute Gasteiger partial charge is 0.431 e. The number of halogens is 5. The van der Waals surface area contributed by atoms with Crippen LogP contribution in [0.5, 0.6) is 5.75 Å². The maximum Gasteiger partial charge on any atom is 0.431 e. The van der Waals surface area contributed by atoms with Crippen molar-refractivity contribution in [3.8, 4) is 17.5 Å². The lowest BCUT2D eigenvalue weighted by atomic mass is 10.2. The molecule has 0 N–H and O–H groups in total. The van der Waals surface area contributed by atoms with Crippen molar-refractivity contribution in [2.24, 2.45) is 7.05 Å². The van der Waals surface area contributed by atoms with Gasteiger partial charge < -0.3 is 4.74 Å². The molecule has 0 aliphatic carbocycles. The fourth-order valence-corrected chi connectivity index (χ4v) is 2.97. The molecule has 164 valence electrons. The Morgan fingerprint density at radius 2 is 1.75 bits per heavy atom. The van der Waals surface area contributed by atoms with Crippen molar-refractivity contribution in [1.82, 2.24) is 9.13 Å². The Morgan fingerprint density at radius 1 is 1.12 bits per heavy atom. The molecule has 0 amide bonds. The van der Waals surface area contributed by atoms with Crippen LogP contribution >= 0.6 is 11.6 Å². The van der Waals surface area contributed by atoms with E-state index < -0.39 is 51.2 Å². The molecule has 0 radical (unpaired) electrons. The van der Waals surface area contributed by atoms with Gasteiger partial charge in [0, 0.05) is 13.1 Å². The number of carbonyl (C=O) groups is 1. The van der Waals surface area contributed by atoms with Gasteiger partial charge in [0.2, 0.25) is 0 Å². The Hall–Kier alpha value is -3.91. The molecule has 0 aliphatic heterocycles. The minimum absolute atomic E-state index is 0.0125. The average Bonchev–Trinajstić information content (AvgIpc) is 2.71. The number of benzene rings is 2. The SMILES string of the molecule is Cn1c(C(F)(F)F)cc(=O)n(-c2cc(C(=O)Oc3ccc(C#N)cc3)c(Cl)cc2F)c1=O. The van der Waals surface area contributed by atoms with Crippen LogP contribution in [0.4, 0.5) is 17.6 Å². The van der Waals surface area contributed by atoms with Gasteiger partial charge in [-0.05, 0) is 36.4 Å². The molecule has 32 heavy (non-hydrogen) atoms. The van der Waals surface area contributed by atoms with Crippen molar-refractivity contribution >= 4 is 17.6 Å². The zero-order valence-electron chi connectivity index (χ0n) is 15.9. The first-order chi connectivity index (χ1) is 14.9. The Kier molecular flexibility index (Phi) is 5.92. The second-order valence-corrected chi connectivity index (χ2v) is 6.76. The number of carbonyl (C=O) groups excluding carboxylic acids is 1. The predicted molar refractivity (Wildman–Crippen MR) is 103 cm³/mol.